The van der Waals surface area contributed by atoms with Crippen LogP contribution in [-0.2, 0) is 4.79 Å². The van der Waals surface area contributed by atoms with E-state index >= 15 is 0 Å². The van der Waals surface area contributed by atoms with Crippen molar-refractivity contribution >= 4 is 30.7 Å². The number of carbonyl (C=O) groups is 1. The first-order valence-corrected chi connectivity index (χ1v) is 7.35. The van der Waals surface area contributed by atoms with Crippen LogP contribution in [-0.4, -0.2) is 37.0 Å². The molecule has 4 nitrogen and oxygen atoms in total. The minimum atomic E-state index is -0.573. The number of nitrogens with one attached hydrogen (secondary N) is 1. The highest BCUT2D eigenvalue weighted by Crippen LogP contribution is 2.22. The van der Waals surface area contributed by atoms with Gasteiger partial charge in [0.15, 0.2) is 0 Å². The van der Waals surface area contributed by atoms with Crippen LogP contribution in [0.2, 0.25) is 0 Å². The molecule has 126 valence electrons. The second-order valence-corrected chi connectivity index (χ2v) is 5.88. The summed E-state index contributed by atoms with van der Waals surface area (Å²) in [5, 5.41) is 3.11. The van der Waals surface area contributed by atoms with Gasteiger partial charge in [0.1, 0.15) is 6.04 Å². The second kappa shape index (κ2) is 10.1. The van der Waals surface area contributed by atoms with Crippen molar-refractivity contribution in [2.45, 2.75) is 43.8 Å². The van der Waals surface area contributed by atoms with Gasteiger partial charge in [0.2, 0.25) is 5.91 Å². The molecule has 1 aromatic carbocycles. The fourth-order valence-corrected chi connectivity index (χ4v) is 2.87. The molecule has 0 saturated heterocycles. The Hall–Kier alpha value is -0.810. The predicted octanol–water partition coefficient (Wildman–Crippen LogP) is 2.52. The Balaban J connectivity index is 0.00000220. The van der Waals surface area contributed by atoms with Crippen LogP contribution >= 0.6 is 24.8 Å². The van der Waals surface area contributed by atoms with Gasteiger partial charge in [-0.05, 0) is 45.3 Å². The molecule has 0 aliphatic heterocycles. The Bertz CT molecular complexity index is 442. The molecule has 1 aliphatic carbocycles. The Morgan fingerprint density at radius 3 is 2.45 bits per heavy atom. The van der Waals surface area contributed by atoms with Gasteiger partial charge in [-0.25, -0.2) is 0 Å². The predicted molar refractivity (Wildman–Crippen MR) is 95.7 cm³/mol. The van der Waals surface area contributed by atoms with Gasteiger partial charge in [-0.1, -0.05) is 30.3 Å². The molecule has 3 unspecified atom stereocenters. The minimum absolute atomic E-state index is 0. The molecule has 6 heteroatoms. The number of nitrogens with two attached hydrogens (primary N) is 1. The fraction of sp³-hybridized carbons (Fsp3) is 0.562. The van der Waals surface area contributed by atoms with E-state index in [4.69, 9.17) is 5.73 Å². The van der Waals surface area contributed by atoms with E-state index in [2.05, 4.69) is 24.3 Å². The number of rotatable bonds is 4. The van der Waals surface area contributed by atoms with Crippen molar-refractivity contribution in [3.05, 3.63) is 35.9 Å². The molecular formula is C16H27Cl2N3O. The normalized spacial score (nSPS) is 22.2. The van der Waals surface area contributed by atoms with Crippen molar-refractivity contribution in [1.29, 1.82) is 0 Å². The summed E-state index contributed by atoms with van der Waals surface area (Å²) in [5.74, 6) is -0.0689. The van der Waals surface area contributed by atoms with E-state index in [9.17, 15) is 4.79 Å². The first-order valence-electron chi connectivity index (χ1n) is 7.35. The fourth-order valence-electron chi connectivity index (χ4n) is 2.87. The zero-order chi connectivity index (χ0) is 14.5. The number of nitrogens with zero attached hydrogens (tertiary/aromatic N) is 1. The van der Waals surface area contributed by atoms with Crippen molar-refractivity contribution in [2.24, 2.45) is 5.73 Å². The maximum absolute atomic E-state index is 12.2. The van der Waals surface area contributed by atoms with E-state index < -0.39 is 6.04 Å². The quantitative estimate of drug-likeness (QED) is 0.879. The van der Waals surface area contributed by atoms with Crippen molar-refractivity contribution in [2.75, 3.05) is 14.1 Å². The highest BCUT2D eigenvalue weighted by atomic mass is 35.5. The van der Waals surface area contributed by atoms with Gasteiger partial charge in [-0.15, -0.1) is 24.8 Å². The number of carbonyl (C=O) groups excluding carboxylic acids is 1. The third kappa shape index (κ3) is 5.76. The molecule has 1 aliphatic rings. The highest BCUT2D eigenvalue weighted by molar-refractivity contribution is 5.85. The Morgan fingerprint density at radius 1 is 1.23 bits per heavy atom. The lowest BCUT2D eigenvalue weighted by Crippen LogP contribution is -2.46. The van der Waals surface area contributed by atoms with E-state index in [1.54, 1.807) is 0 Å². The Labute approximate surface area is 145 Å². The van der Waals surface area contributed by atoms with Crippen molar-refractivity contribution in [3.63, 3.8) is 0 Å². The number of amides is 1. The molecule has 1 amide bonds. The van der Waals surface area contributed by atoms with Gasteiger partial charge in [0.25, 0.3) is 0 Å². The van der Waals surface area contributed by atoms with Crippen LogP contribution in [0.3, 0.4) is 0 Å². The third-order valence-electron chi connectivity index (χ3n) is 4.16. The van der Waals surface area contributed by atoms with Crippen LogP contribution in [0.15, 0.2) is 30.3 Å². The van der Waals surface area contributed by atoms with E-state index in [1.165, 1.54) is 6.42 Å². The van der Waals surface area contributed by atoms with Crippen LogP contribution in [0.5, 0.6) is 0 Å². The first-order chi connectivity index (χ1) is 9.58. The summed E-state index contributed by atoms with van der Waals surface area (Å²) in [6.45, 7) is 0. The summed E-state index contributed by atoms with van der Waals surface area (Å²) in [6, 6.07) is 9.77. The lowest BCUT2D eigenvalue weighted by Gasteiger charge is -2.34. The van der Waals surface area contributed by atoms with Gasteiger partial charge in [-0.3, -0.25) is 4.79 Å². The van der Waals surface area contributed by atoms with E-state index in [0.717, 1.165) is 24.8 Å². The molecule has 1 saturated carbocycles. The monoisotopic (exact) mass is 347 g/mol. The number of hydrogen-bond donors (Lipinski definition) is 2. The molecule has 0 bridgehead atoms. The smallest absolute Gasteiger partial charge is 0.241 e. The lowest BCUT2D eigenvalue weighted by atomic mass is 9.90. The number of halogens is 2. The Morgan fingerprint density at radius 2 is 1.86 bits per heavy atom. The molecule has 22 heavy (non-hydrogen) atoms. The average Bonchev–Trinajstić information content (AvgIpc) is 2.47. The zero-order valence-electron chi connectivity index (χ0n) is 13.2. The van der Waals surface area contributed by atoms with Crippen LogP contribution < -0.4 is 11.1 Å². The van der Waals surface area contributed by atoms with E-state index in [-0.39, 0.29) is 36.8 Å². The van der Waals surface area contributed by atoms with Crippen LogP contribution in [0.1, 0.15) is 37.3 Å². The van der Waals surface area contributed by atoms with Crippen molar-refractivity contribution < 1.29 is 4.79 Å². The van der Waals surface area contributed by atoms with Crippen molar-refractivity contribution in [3.8, 4) is 0 Å². The summed E-state index contributed by atoms with van der Waals surface area (Å²) in [6.07, 6.45) is 4.44. The topological polar surface area (TPSA) is 58.4 Å². The van der Waals surface area contributed by atoms with Gasteiger partial charge in [0.05, 0.1) is 0 Å². The average molecular weight is 348 g/mol. The molecule has 0 radical (unpaired) electrons. The molecular weight excluding hydrogens is 321 g/mol. The second-order valence-electron chi connectivity index (χ2n) is 5.88. The van der Waals surface area contributed by atoms with Gasteiger partial charge in [-0.2, -0.15) is 0 Å². The van der Waals surface area contributed by atoms with E-state index in [0.29, 0.717) is 6.04 Å². The highest BCUT2D eigenvalue weighted by Gasteiger charge is 2.26. The third-order valence-corrected chi connectivity index (χ3v) is 4.16. The van der Waals surface area contributed by atoms with Gasteiger partial charge < -0.3 is 16.0 Å². The summed E-state index contributed by atoms with van der Waals surface area (Å²) >= 11 is 0. The molecule has 3 atom stereocenters. The summed E-state index contributed by atoms with van der Waals surface area (Å²) < 4.78 is 0. The van der Waals surface area contributed by atoms with Gasteiger partial charge >= 0.3 is 0 Å². The van der Waals surface area contributed by atoms with Crippen LogP contribution in [0.25, 0.3) is 0 Å². The number of hydrogen-bond acceptors (Lipinski definition) is 3. The van der Waals surface area contributed by atoms with Crippen LogP contribution in [0, 0.1) is 0 Å². The Kier molecular flexibility index (Phi) is 9.69. The summed E-state index contributed by atoms with van der Waals surface area (Å²) in [7, 11) is 4.20. The SMILES string of the molecule is CN(C)C1CCCC(NC(=O)C(N)c2ccccc2)C1.Cl.Cl. The zero-order valence-corrected chi connectivity index (χ0v) is 14.8. The summed E-state index contributed by atoms with van der Waals surface area (Å²) in [5.41, 5.74) is 6.89. The first kappa shape index (κ1) is 21.2. The molecule has 0 heterocycles. The van der Waals surface area contributed by atoms with E-state index in [1.807, 2.05) is 30.3 Å². The molecule has 3 N–H and O–H groups in total. The molecule has 0 aromatic heterocycles. The molecule has 1 fully saturated rings. The minimum Gasteiger partial charge on any atom is -0.352 e. The maximum Gasteiger partial charge on any atom is 0.241 e. The van der Waals surface area contributed by atoms with Crippen molar-refractivity contribution in [1.82, 2.24) is 10.2 Å². The lowest BCUT2D eigenvalue weighted by molar-refractivity contribution is -0.123. The maximum atomic E-state index is 12.2. The standard InChI is InChI=1S/C16H25N3O.2ClH/c1-19(2)14-10-6-9-13(11-14)18-16(20)15(17)12-7-4-3-5-8-12;;/h3-5,7-8,13-15H,6,9-11,17H2,1-2H3,(H,18,20);2*1H. The number of benzene rings is 1. The van der Waals surface area contributed by atoms with Gasteiger partial charge in [0, 0.05) is 12.1 Å². The molecule has 1 aromatic rings. The summed E-state index contributed by atoms with van der Waals surface area (Å²) in [4.78, 5) is 14.5. The van der Waals surface area contributed by atoms with Crippen LogP contribution in [0.4, 0.5) is 0 Å². The molecule has 0 spiro atoms. The largest absolute Gasteiger partial charge is 0.352 e. The molecule has 2 rings (SSSR count).